The van der Waals surface area contributed by atoms with Gasteiger partial charge in [-0.1, -0.05) is 39.0 Å². The molecule has 0 amide bonds. The Labute approximate surface area is 92.7 Å². The molecule has 0 saturated heterocycles. The number of hydrogen-bond acceptors (Lipinski definition) is 1. The van der Waals surface area contributed by atoms with Gasteiger partial charge in [-0.2, -0.15) is 0 Å². The highest BCUT2D eigenvalue weighted by Gasteiger charge is 1.98. The highest BCUT2D eigenvalue weighted by Crippen LogP contribution is 2.05. The van der Waals surface area contributed by atoms with Gasteiger partial charge in [-0.25, -0.2) is 4.39 Å². The summed E-state index contributed by atoms with van der Waals surface area (Å²) in [4.78, 5) is 0. The van der Waals surface area contributed by atoms with Crippen molar-refractivity contribution < 1.29 is 4.39 Å². The molecule has 0 aliphatic heterocycles. The van der Waals surface area contributed by atoms with Gasteiger partial charge in [0.1, 0.15) is 5.82 Å². The van der Waals surface area contributed by atoms with Crippen LogP contribution in [0.1, 0.15) is 32.8 Å². The molecule has 0 aliphatic carbocycles. The molecule has 0 aromatic heterocycles. The summed E-state index contributed by atoms with van der Waals surface area (Å²) in [6.45, 7) is 7.99. The second-order valence-electron chi connectivity index (χ2n) is 3.09. The molecule has 0 heterocycles. The summed E-state index contributed by atoms with van der Waals surface area (Å²) in [6.07, 6.45) is 1.89. The summed E-state index contributed by atoms with van der Waals surface area (Å²) in [5.41, 5.74) is 0.797. The van der Waals surface area contributed by atoms with Crippen molar-refractivity contribution in [1.29, 1.82) is 0 Å². The Kier molecular flexibility index (Phi) is 9.08. The SMILES string of the molecule is CC.CCCNCCc1ccccc1F. The van der Waals surface area contributed by atoms with Crippen LogP contribution in [0.5, 0.6) is 0 Å². The summed E-state index contributed by atoms with van der Waals surface area (Å²) in [7, 11) is 0. The minimum absolute atomic E-state index is 0.0965. The van der Waals surface area contributed by atoms with E-state index in [-0.39, 0.29) is 5.82 Å². The topological polar surface area (TPSA) is 12.0 Å². The van der Waals surface area contributed by atoms with Gasteiger partial charge in [-0.05, 0) is 37.6 Å². The van der Waals surface area contributed by atoms with E-state index in [1.165, 1.54) is 6.07 Å². The smallest absolute Gasteiger partial charge is 0.126 e. The molecule has 0 unspecified atom stereocenters. The van der Waals surface area contributed by atoms with Crippen LogP contribution >= 0.6 is 0 Å². The van der Waals surface area contributed by atoms with Crippen LogP contribution in [-0.2, 0) is 6.42 Å². The Balaban J connectivity index is 0.000000921. The lowest BCUT2D eigenvalue weighted by Gasteiger charge is -2.03. The van der Waals surface area contributed by atoms with E-state index in [1.54, 1.807) is 6.07 Å². The van der Waals surface area contributed by atoms with Gasteiger partial charge in [-0.3, -0.25) is 0 Å². The van der Waals surface area contributed by atoms with Gasteiger partial charge in [0.15, 0.2) is 0 Å². The molecule has 0 spiro atoms. The number of hydrogen-bond donors (Lipinski definition) is 1. The largest absolute Gasteiger partial charge is 0.316 e. The minimum atomic E-state index is -0.0965. The molecule has 1 rings (SSSR count). The standard InChI is InChI=1S/C11H16FN.C2H6/c1-2-8-13-9-7-10-5-3-4-6-11(10)12;1-2/h3-6,13H,2,7-9H2,1H3;1-2H3. The molecule has 0 radical (unpaired) electrons. The molecule has 0 fully saturated rings. The van der Waals surface area contributed by atoms with Crippen molar-refractivity contribution in [2.24, 2.45) is 0 Å². The Bertz CT molecular complexity index is 248. The van der Waals surface area contributed by atoms with Crippen molar-refractivity contribution >= 4 is 0 Å². The average Bonchev–Trinajstić information content (AvgIpc) is 2.29. The first-order chi connectivity index (χ1) is 7.34. The Morgan fingerprint density at radius 1 is 1.13 bits per heavy atom. The lowest BCUT2D eigenvalue weighted by atomic mass is 10.1. The van der Waals surface area contributed by atoms with Crippen LogP contribution in [-0.4, -0.2) is 13.1 Å². The Morgan fingerprint density at radius 3 is 2.40 bits per heavy atom. The van der Waals surface area contributed by atoms with Crippen LogP contribution in [0.4, 0.5) is 4.39 Å². The van der Waals surface area contributed by atoms with E-state index in [1.807, 2.05) is 26.0 Å². The normalized spacial score (nSPS) is 9.33. The van der Waals surface area contributed by atoms with Crippen molar-refractivity contribution in [2.45, 2.75) is 33.6 Å². The third kappa shape index (κ3) is 6.24. The molecule has 0 bridgehead atoms. The lowest BCUT2D eigenvalue weighted by Crippen LogP contribution is -2.18. The van der Waals surface area contributed by atoms with Crippen LogP contribution in [0, 0.1) is 5.82 Å². The molecule has 0 saturated carbocycles. The van der Waals surface area contributed by atoms with Crippen LogP contribution in [0.3, 0.4) is 0 Å². The molecule has 15 heavy (non-hydrogen) atoms. The molecule has 1 N–H and O–H groups in total. The molecule has 0 aliphatic rings. The molecular formula is C13H22FN. The summed E-state index contributed by atoms with van der Waals surface area (Å²) in [6, 6.07) is 6.94. The van der Waals surface area contributed by atoms with Crippen molar-refractivity contribution in [1.82, 2.24) is 5.32 Å². The van der Waals surface area contributed by atoms with E-state index in [4.69, 9.17) is 0 Å². The van der Waals surface area contributed by atoms with Crippen molar-refractivity contribution in [2.75, 3.05) is 13.1 Å². The zero-order chi connectivity index (χ0) is 11.5. The highest BCUT2D eigenvalue weighted by atomic mass is 19.1. The Hall–Kier alpha value is -0.890. The predicted molar refractivity (Wildman–Crippen MR) is 64.6 cm³/mol. The van der Waals surface area contributed by atoms with Gasteiger partial charge in [0.25, 0.3) is 0 Å². The van der Waals surface area contributed by atoms with E-state index in [9.17, 15) is 4.39 Å². The first-order valence-electron chi connectivity index (χ1n) is 5.78. The van der Waals surface area contributed by atoms with Crippen LogP contribution in [0.25, 0.3) is 0 Å². The zero-order valence-corrected chi connectivity index (χ0v) is 10.0. The number of benzene rings is 1. The van der Waals surface area contributed by atoms with Crippen molar-refractivity contribution in [3.05, 3.63) is 35.6 Å². The van der Waals surface area contributed by atoms with Crippen LogP contribution < -0.4 is 5.32 Å². The summed E-state index contributed by atoms with van der Waals surface area (Å²) in [5, 5.41) is 3.24. The summed E-state index contributed by atoms with van der Waals surface area (Å²) in [5.74, 6) is -0.0965. The summed E-state index contributed by atoms with van der Waals surface area (Å²) >= 11 is 0. The third-order valence-electron chi connectivity index (χ3n) is 1.96. The predicted octanol–water partition coefficient (Wildman–Crippen LogP) is 3.39. The maximum atomic E-state index is 13.1. The van der Waals surface area contributed by atoms with Gasteiger partial charge in [0, 0.05) is 0 Å². The summed E-state index contributed by atoms with van der Waals surface area (Å²) < 4.78 is 13.1. The third-order valence-corrected chi connectivity index (χ3v) is 1.96. The molecule has 86 valence electrons. The van der Waals surface area contributed by atoms with Gasteiger partial charge < -0.3 is 5.32 Å². The number of nitrogens with one attached hydrogen (secondary N) is 1. The van der Waals surface area contributed by atoms with Gasteiger partial charge in [-0.15, -0.1) is 0 Å². The maximum Gasteiger partial charge on any atom is 0.126 e. The van der Waals surface area contributed by atoms with E-state index in [2.05, 4.69) is 12.2 Å². The van der Waals surface area contributed by atoms with Crippen LogP contribution in [0.2, 0.25) is 0 Å². The highest BCUT2D eigenvalue weighted by molar-refractivity contribution is 5.17. The fraction of sp³-hybridized carbons (Fsp3) is 0.538. The molecule has 0 atom stereocenters. The van der Waals surface area contributed by atoms with Gasteiger partial charge in [0.2, 0.25) is 0 Å². The van der Waals surface area contributed by atoms with E-state index in [0.29, 0.717) is 0 Å². The number of halogens is 1. The molecular weight excluding hydrogens is 189 g/mol. The first-order valence-corrected chi connectivity index (χ1v) is 5.78. The maximum absolute atomic E-state index is 13.1. The minimum Gasteiger partial charge on any atom is -0.316 e. The van der Waals surface area contributed by atoms with Gasteiger partial charge in [0.05, 0.1) is 0 Å². The quantitative estimate of drug-likeness (QED) is 0.736. The fourth-order valence-corrected chi connectivity index (χ4v) is 1.23. The van der Waals surface area contributed by atoms with Crippen molar-refractivity contribution in [3.8, 4) is 0 Å². The molecule has 1 aromatic rings. The molecule has 2 heteroatoms. The fourth-order valence-electron chi connectivity index (χ4n) is 1.23. The van der Waals surface area contributed by atoms with Crippen molar-refractivity contribution in [3.63, 3.8) is 0 Å². The van der Waals surface area contributed by atoms with Gasteiger partial charge >= 0.3 is 0 Å². The molecule has 1 aromatic carbocycles. The molecule has 1 nitrogen and oxygen atoms in total. The second-order valence-corrected chi connectivity index (χ2v) is 3.09. The first kappa shape index (κ1) is 14.1. The van der Waals surface area contributed by atoms with Crippen LogP contribution in [0.15, 0.2) is 24.3 Å². The second kappa shape index (κ2) is 9.66. The van der Waals surface area contributed by atoms with E-state index in [0.717, 1.165) is 31.5 Å². The monoisotopic (exact) mass is 211 g/mol. The Morgan fingerprint density at radius 2 is 1.80 bits per heavy atom. The number of rotatable bonds is 5. The average molecular weight is 211 g/mol. The van der Waals surface area contributed by atoms with E-state index < -0.39 is 0 Å². The lowest BCUT2D eigenvalue weighted by molar-refractivity contribution is 0.597. The zero-order valence-electron chi connectivity index (χ0n) is 10.0. The van der Waals surface area contributed by atoms with E-state index >= 15 is 0 Å².